The number of carbonyl (C=O) groups excluding carboxylic acids is 1. The van der Waals surface area contributed by atoms with Gasteiger partial charge in [0.1, 0.15) is 5.82 Å². The highest BCUT2D eigenvalue weighted by atomic mass is 32.1. The molecule has 1 aliphatic rings. The zero-order valence-electron chi connectivity index (χ0n) is 12.6. The minimum atomic E-state index is -0.810. The zero-order valence-corrected chi connectivity index (χ0v) is 13.4. The van der Waals surface area contributed by atoms with Crippen LogP contribution in [0.5, 0.6) is 0 Å². The Bertz CT molecular complexity index is 678. The van der Waals surface area contributed by atoms with Crippen LogP contribution in [-0.4, -0.2) is 28.5 Å². The van der Waals surface area contributed by atoms with Crippen LogP contribution in [0.2, 0.25) is 0 Å². The second kappa shape index (κ2) is 7.06. The van der Waals surface area contributed by atoms with E-state index < -0.39 is 6.10 Å². The molecular formula is C18H18FNO2S. The van der Waals surface area contributed by atoms with Crippen molar-refractivity contribution in [3.05, 3.63) is 64.1 Å². The molecule has 1 N–H and O–H groups in total. The third-order valence-corrected chi connectivity index (χ3v) is 4.67. The minimum absolute atomic E-state index is 0.0953. The van der Waals surface area contributed by atoms with E-state index in [1.165, 1.54) is 12.1 Å². The van der Waals surface area contributed by atoms with Gasteiger partial charge in [0, 0.05) is 17.0 Å². The van der Waals surface area contributed by atoms with Gasteiger partial charge >= 0.3 is 0 Å². The van der Waals surface area contributed by atoms with Crippen molar-refractivity contribution in [2.45, 2.75) is 25.0 Å². The summed E-state index contributed by atoms with van der Waals surface area (Å²) in [7, 11) is 0. The number of thiophene rings is 1. The first-order chi connectivity index (χ1) is 11.1. The van der Waals surface area contributed by atoms with E-state index >= 15 is 0 Å². The first-order valence-corrected chi connectivity index (χ1v) is 8.47. The number of nitrogens with zero attached hydrogens (tertiary/aromatic N) is 1. The Labute approximate surface area is 138 Å². The number of aliphatic hydroxyl groups excluding tert-OH is 1. The van der Waals surface area contributed by atoms with Crippen LogP contribution in [0.25, 0.3) is 6.08 Å². The highest BCUT2D eigenvalue weighted by Crippen LogP contribution is 2.29. The van der Waals surface area contributed by atoms with Crippen molar-refractivity contribution < 1.29 is 14.3 Å². The number of halogens is 1. The number of hydrogen-bond acceptors (Lipinski definition) is 3. The standard InChI is InChI=1S/C18H18FNO2S/c19-14-5-3-13(4-6-14)17(21)12-20(15-7-8-15)18(22)10-9-16-2-1-11-23-16/h1-6,9-11,15,17,21H,7-8,12H2/b10-9+. The molecule has 0 saturated heterocycles. The quantitative estimate of drug-likeness (QED) is 0.821. The maximum atomic E-state index is 13.0. The lowest BCUT2D eigenvalue weighted by atomic mass is 10.1. The van der Waals surface area contributed by atoms with Crippen molar-refractivity contribution in [2.24, 2.45) is 0 Å². The molecule has 1 aliphatic carbocycles. The van der Waals surface area contributed by atoms with Crippen molar-refractivity contribution in [1.82, 2.24) is 4.90 Å². The molecule has 1 fully saturated rings. The highest BCUT2D eigenvalue weighted by Gasteiger charge is 2.33. The maximum Gasteiger partial charge on any atom is 0.246 e. The Morgan fingerprint density at radius 2 is 2.09 bits per heavy atom. The first-order valence-electron chi connectivity index (χ1n) is 7.59. The van der Waals surface area contributed by atoms with E-state index in [0.717, 1.165) is 17.7 Å². The first kappa shape index (κ1) is 15.9. The molecule has 5 heteroatoms. The van der Waals surface area contributed by atoms with Gasteiger partial charge in [-0.15, -0.1) is 11.3 Å². The molecule has 1 heterocycles. The van der Waals surface area contributed by atoms with Crippen LogP contribution < -0.4 is 0 Å². The summed E-state index contributed by atoms with van der Waals surface area (Å²) in [5.41, 5.74) is 0.618. The van der Waals surface area contributed by atoms with Gasteiger partial charge in [-0.25, -0.2) is 4.39 Å². The van der Waals surface area contributed by atoms with Crippen LogP contribution in [-0.2, 0) is 4.79 Å². The molecule has 1 amide bonds. The average Bonchev–Trinajstić information content (AvgIpc) is 3.26. The summed E-state index contributed by atoms with van der Waals surface area (Å²) in [5.74, 6) is -0.433. The zero-order chi connectivity index (χ0) is 16.2. The van der Waals surface area contributed by atoms with Crippen molar-refractivity contribution in [1.29, 1.82) is 0 Å². The van der Waals surface area contributed by atoms with Crippen LogP contribution in [0, 0.1) is 5.82 Å². The predicted octanol–water partition coefficient (Wildman–Crippen LogP) is 3.63. The third-order valence-electron chi connectivity index (χ3n) is 3.83. The fourth-order valence-corrected chi connectivity index (χ4v) is 3.04. The third kappa shape index (κ3) is 4.27. The summed E-state index contributed by atoms with van der Waals surface area (Å²) < 4.78 is 13.0. The molecule has 1 unspecified atom stereocenters. The normalized spacial score (nSPS) is 15.7. The Morgan fingerprint density at radius 1 is 1.35 bits per heavy atom. The monoisotopic (exact) mass is 331 g/mol. The van der Waals surface area contributed by atoms with Gasteiger partial charge in [-0.3, -0.25) is 4.79 Å². The molecular weight excluding hydrogens is 313 g/mol. The van der Waals surface area contributed by atoms with E-state index in [4.69, 9.17) is 0 Å². The second-order valence-electron chi connectivity index (χ2n) is 5.64. The van der Waals surface area contributed by atoms with Gasteiger partial charge < -0.3 is 10.0 Å². The highest BCUT2D eigenvalue weighted by molar-refractivity contribution is 7.10. The molecule has 3 nitrogen and oxygen atoms in total. The smallest absolute Gasteiger partial charge is 0.246 e. The van der Waals surface area contributed by atoms with Crippen molar-refractivity contribution >= 4 is 23.3 Å². The lowest BCUT2D eigenvalue weighted by Crippen LogP contribution is -2.35. The SMILES string of the molecule is O=C(/C=C/c1cccs1)N(CC(O)c1ccc(F)cc1)C1CC1. The van der Waals surface area contributed by atoms with E-state index in [1.54, 1.807) is 40.5 Å². The predicted molar refractivity (Wildman–Crippen MR) is 89.4 cm³/mol. The van der Waals surface area contributed by atoms with Crippen LogP contribution in [0.15, 0.2) is 47.9 Å². The van der Waals surface area contributed by atoms with Gasteiger partial charge in [0.25, 0.3) is 0 Å². The lowest BCUT2D eigenvalue weighted by molar-refractivity contribution is -0.128. The van der Waals surface area contributed by atoms with Crippen LogP contribution >= 0.6 is 11.3 Å². The molecule has 2 aromatic rings. The second-order valence-corrected chi connectivity index (χ2v) is 6.62. The van der Waals surface area contributed by atoms with Crippen LogP contribution in [0.3, 0.4) is 0 Å². The molecule has 0 bridgehead atoms. The van der Waals surface area contributed by atoms with E-state index in [-0.39, 0.29) is 24.3 Å². The summed E-state index contributed by atoms with van der Waals surface area (Å²) in [6.45, 7) is 0.226. The largest absolute Gasteiger partial charge is 0.387 e. The Balaban J connectivity index is 1.66. The van der Waals surface area contributed by atoms with Gasteiger partial charge in [-0.2, -0.15) is 0 Å². The number of aliphatic hydroxyl groups is 1. The number of carbonyl (C=O) groups is 1. The summed E-state index contributed by atoms with van der Waals surface area (Å²) >= 11 is 1.57. The van der Waals surface area contributed by atoms with Crippen LogP contribution in [0.1, 0.15) is 29.4 Å². The van der Waals surface area contributed by atoms with E-state index in [0.29, 0.717) is 5.56 Å². The van der Waals surface area contributed by atoms with E-state index in [1.807, 2.05) is 17.5 Å². The molecule has 0 aliphatic heterocycles. The van der Waals surface area contributed by atoms with Crippen molar-refractivity contribution in [3.63, 3.8) is 0 Å². The van der Waals surface area contributed by atoms with Gasteiger partial charge in [0.15, 0.2) is 0 Å². The molecule has 1 atom stereocenters. The number of amides is 1. The van der Waals surface area contributed by atoms with E-state index in [9.17, 15) is 14.3 Å². The Kier molecular flexibility index (Phi) is 4.88. The summed E-state index contributed by atoms with van der Waals surface area (Å²) in [4.78, 5) is 15.1. The molecule has 1 aromatic heterocycles. The Morgan fingerprint density at radius 3 is 2.70 bits per heavy atom. The number of rotatable bonds is 6. The van der Waals surface area contributed by atoms with Crippen LogP contribution in [0.4, 0.5) is 4.39 Å². The van der Waals surface area contributed by atoms with Gasteiger partial charge in [-0.1, -0.05) is 18.2 Å². The molecule has 23 heavy (non-hydrogen) atoms. The topological polar surface area (TPSA) is 40.5 Å². The molecule has 0 radical (unpaired) electrons. The van der Waals surface area contributed by atoms with Gasteiger partial charge in [0.2, 0.25) is 5.91 Å². The molecule has 0 spiro atoms. The summed E-state index contributed by atoms with van der Waals surface area (Å²) in [6, 6.07) is 9.82. The van der Waals surface area contributed by atoms with E-state index in [2.05, 4.69) is 0 Å². The fraction of sp³-hybridized carbons (Fsp3) is 0.278. The minimum Gasteiger partial charge on any atom is -0.387 e. The summed E-state index contributed by atoms with van der Waals surface area (Å²) in [6.07, 6.45) is 4.48. The van der Waals surface area contributed by atoms with Gasteiger partial charge in [0.05, 0.1) is 12.6 Å². The molecule has 3 rings (SSSR count). The maximum absolute atomic E-state index is 13.0. The van der Waals surface area contributed by atoms with Crippen molar-refractivity contribution in [3.8, 4) is 0 Å². The van der Waals surface area contributed by atoms with Gasteiger partial charge in [-0.05, 0) is 48.1 Å². The molecule has 120 valence electrons. The fourth-order valence-electron chi connectivity index (χ4n) is 2.42. The molecule has 1 aromatic carbocycles. The Hall–Kier alpha value is -1.98. The number of benzene rings is 1. The van der Waals surface area contributed by atoms with Crippen molar-refractivity contribution in [2.75, 3.05) is 6.54 Å². The summed E-state index contributed by atoms with van der Waals surface area (Å²) in [5, 5.41) is 12.3. The lowest BCUT2D eigenvalue weighted by Gasteiger charge is -2.24. The average molecular weight is 331 g/mol. The number of hydrogen-bond donors (Lipinski definition) is 1. The molecule has 1 saturated carbocycles.